The van der Waals surface area contributed by atoms with Crippen LogP contribution in [0.1, 0.15) is 46.1 Å². The number of likely N-dealkylation sites (tertiary alicyclic amines) is 1. The number of carbonyl (C=O) groups is 1. The van der Waals surface area contributed by atoms with Crippen LogP contribution in [0.25, 0.3) is 0 Å². The lowest BCUT2D eigenvalue weighted by atomic mass is 10.0. The van der Waals surface area contributed by atoms with E-state index in [1.165, 1.54) is 11.6 Å². The Bertz CT molecular complexity index is 1160. The highest BCUT2D eigenvalue weighted by Gasteiger charge is 2.27. The molecule has 1 N–H and O–H groups in total. The van der Waals surface area contributed by atoms with Gasteiger partial charge in [-0.05, 0) is 55.1 Å². The van der Waals surface area contributed by atoms with Gasteiger partial charge >= 0.3 is 5.97 Å². The first-order chi connectivity index (χ1) is 15.4. The van der Waals surface area contributed by atoms with E-state index < -0.39 is 5.97 Å². The summed E-state index contributed by atoms with van der Waals surface area (Å²) in [5, 5.41) is 9.66. The van der Waals surface area contributed by atoms with E-state index in [1.807, 2.05) is 18.2 Å². The van der Waals surface area contributed by atoms with Gasteiger partial charge in [-0.15, -0.1) is 0 Å². The van der Waals surface area contributed by atoms with E-state index in [1.54, 1.807) is 28.8 Å². The second kappa shape index (κ2) is 9.90. The molecule has 0 saturated carbocycles. The Morgan fingerprint density at radius 1 is 1.03 bits per heavy atom. The molecular weight excluding hydrogens is 447 g/mol. The number of pyridine rings is 1. The summed E-state index contributed by atoms with van der Waals surface area (Å²) in [6.45, 7) is 1.90. The van der Waals surface area contributed by atoms with Crippen LogP contribution in [0.4, 0.5) is 0 Å². The van der Waals surface area contributed by atoms with Crippen molar-refractivity contribution in [3.8, 4) is 0 Å². The molecule has 0 amide bonds. The number of aryl methyl sites for hydroxylation is 1. The molecule has 1 aliphatic rings. The highest BCUT2D eigenvalue weighted by atomic mass is 35.5. The third kappa shape index (κ3) is 4.90. The summed E-state index contributed by atoms with van der Waals surface area (Å²) in [4.78, 5) is 26.3. The minimum Gasteiger partial charge on any atom is -0.478 e. The number of rotatable bonds is 7. The summed E-state index contributed by atoms with van der Waals surface area (Å²) >= 11 is 12.8. The van der Waals surface area contributed by atoms with Crippen LogP contribution in [0.2, 0.25) is 10.0 Å². The molecular formula is C25H24Cl2N2O3. The van der Waals surface area contributed by atoms with Gasteiger partial charge in [-0.25, -0.2) is 4.79 Å². The van der Waals surface area contributed by atoms with E-state index >= 15 is 0 Å². The van der Waals surface area contributed by atoms with Crippen molar-refractivity contribution >= 4 is 29.2 Å². The normalized spacial score (nSPS) is 16.4. The second-order valence-electron chi connectivity index (χ2n) is 8.03. The summed E-state index contributed by atoms with van der Waals surface area (Å²) in [7, 11) is 0. The van der Waals surface area contributed by atoms with E-state index in [0.717, 1.165) is 30.6 Å². The third-order valence-corrected chi connectivity index (χ3v) is 6.63. The molecule has 2 aromatic carbocycles. The van der Waals surface area contributed by atoms with Crippen LogP contribution in [0.3, 0.4) is 0 Å². The Morgan fingerprint density at radius 2 is 1.75 bits per heavy atom. The van der Waals surface area contributed by atoms with Crippen molar-refractivity contribution in [3.05, 3.63) is 103 Å². The summed E-state index contributed by atoms with van der Waals surface area (Å²) in [5.41, 5.74) is 2.93. The van der Waals surface area contributed by atoms with Crippen molar-refractivity contribution in [1.29, 1.82) is 0 Å². The molecule has 1 atom stereocenters. The van der Waals surface area contributed by atoms with Crippen molar-refractivity contribution in [2.24, 2.45) is 0 Å². The lowest BCUT2D eigenvalue weighted by Gasteiger charge is -2.27. The topological polar surface area (TPSA) is 62.5 Å². The van der Waals surface area contributed by atoms with Crippen LogP contribution >= 0.6 is 23.2 Å². The second-order valence-corrected chi connectivity index (χ2v) is 8.85. The lowest BCUT2D eigenvalue weighted by Crippen LogP contribution is -2.30. The summed E-state index contributed by atoms with van der Waals surface area (Å²) in [6.07, 6.45) is 2.71. The number of carboxylic acids is 1. The van der Waals surface area contributed by atoms with E-state index in [-0.39, 0.29) is 22.2 Å². The fourth-order valence-corrected chi connectivity index (χ4v) is 4.89. The molecule has 0 radical (unpaired) electrons. The molecule has 7 heteroatoms. The average molecular weight is 471 g/mol. The molecule has 1 saturated heterocycles. The molecule has 2 heterocycles. The standard InChI is InChI=1S/C25H24Cl2N2O3/c26-20-15-21(27)24(30)29(14-12-17-8-10-19(11-9-17)25(31)32)23(20)16-28-13-4-7-22(28)18-5-2-1-3-6-18/h1-3,5-6,8-11,15,22H,4,7,12-14,16H2,(H,31,32). The number of carboxylic acid groups (broad SMARTS) is 1. The maximum absolute atomic E-state index is 12.9. The number of aromatic carboxylic acids is 1. The van der Waals surface area contributed by atoms with Gasteiger partial charge in [-0.3, -0.25) is 9.69 Å². The molecule has 1 aliphatic heterocycles. The Hall–Kier alpha value is -2.60. The smallest absolute Gasteiger partial charge is 0.335 e. The monoisotopic (exact) mass is 470 g/mol. The number of hydrogen-bond acceptors (Lipinski definition) is 3. The molecule has 1 unspecified atom stereocenters. The Balaban J connectivity index is 1.59. The minimum atomic E-state index is -0.963. The number of halogens is 2. The van der Waals surface area contributed by atoms with Crippen LogP contribution < -0.4 is 5.56 Å². The first-order valence-electron chi connectivity index (χ1n) is 10.6. The van der Waals surface area contributed by atoms with Crippen molar-refractivity contribution in [2.75, 3.05) is 6.54 Å². The van der Waals surface area contributed by atoms with Crippen LogP contribution in [-0.4, -0.2) is 27.1 Å². The van der Waals surface area contributed by atoms with Gasteiger partial charge in [0.1, 0.15) is 5.02 Å². The molecule has 1 fully saturated rings. The molecule has 0 spiro atoms. The van der Waals surface area contributed by atoms with Gasteiger partial charge in [0.25, 0.3) is 5.56 Å². The predicted octanol–water partition coefficient (Wildman–Crippen LogP) is 5.43. The van der Waals surface area contributed by atoms with Crippen molar-refractivity contribution in [2.45, 2.75) is 38.4 Å². The highest BCUT2D eigenvalue weighted by Crippen LogP contribution is 2.34. The zero-order chi connectivity index (χ0) is 22.7. The van der Waals surface area contributed by atoms with Crippen LogP contribution in [0, 0.1) is 0 Å². The first-order valence-corrected chi connectivity index (χ1v) is 11.4. The lowest BCUT2D eigenvalue weighted by molar-refractivity contribution is 0.0697. The summed E-state index contributed by atoms with van der Waals surface area (Å²) in [5.74, 6) is -0.963. The van der Waals surface area contributed by atoms with Gasteiger partial charge in [0, 0.05) is 19.1 Å². The first kappa shape index (κ1) is 22.6. The maximum atomic E-state index is 12.9. The van der Waals surface area contributed by atoms with Gasteiger partial charge < -0.3 is 9.67 Å². The number of benzene rings is 2. The minimum absolute atomic E-state index is 0.0982. The number of nitrogens with zero attached hydrogens (tertiary/aromatic N) is 2. The van der Waals surface area contributed by atoms with Crippen LogP contribution in [-0.2, 0) is 19.5 Å². The SMILES string of the molecule is O=C(O)c1ccc(CCn2c(CN3CCCC3c3ccccc3)c(Cl)cc(Cl)c2=O)cc1. The zero-order valence-corrected chi connectivity index (χ0v) is 19.0. The molecule has 4 rings (SSSR count). The van der Waals surface area contributed by atoms with Crippen LogP contribution in [0.15, 0.2) is 65.5 Å². The Labute approximate surface area is 196 Å². The predicted molar refractivity (Wildman–Crippen MR) is 127 cm³/mol. The van der Waals surface area contributed by atoms with Gasteiger partial charge in [-0.1, -0.05) is 65.7 Å². The number of hydrogen-bond donors (Lipinski definition) is 1. The molecule has 3 aromatic rings. The highest BCUT2D eigenvalue weighted by molar-refractivity contribution is 6.34. The van der Waals surface area contributed by atoms with Crippen LogP contribution in [0.5, 0.6) is 0 Å². The average Bonchev–Trinajstić information content (AvgIpc) is 3.26. The summed E-state index contributed by atoms with van der Waals surface area (Å²) < 4.78 is 1.66. The molecule has 0 bridgehead atoms. The van der Waals surface area contributed by atoms with Gasteiger partial charge in [0.05, 0.1) is 16.3 Å². The largest absolute Gasteiger partial charge is 0.478 e. The molecule has 0 aliphatic carbocycles. The van der Waals surface area contributed by atoms with Crippen molar-refractivity contribution < 1.29 is 9.90 Å². The zero-order valence-electron chi connectivity index (χ0n) is 17.5. The third-order valence-electron chi connectivity index (χ3n) is 6.03. The molecule has 166 valence electrons. The van der Waals surface area contributed by atoms with Gasteiger partial charge in [-0.2, -0.15) is 0 Å². The fraction of sp³-hybridized carbons (Fsp3) is 0.280. The fourth-order valence-electron chi connectivity index (χ4n) is 4.35. The number of aromatic nitrogens is 1. The van der Waals surface area contributed by atoms with E-state index in [2.05, 4.69) is 17.0 Å². The molecule has 1 aromatic heterocycles. The van der Waals surface area contributed by atoms with Crippen molar-refractivity contribution in [3.63, 3.8) is 0 Å². The Morgan fingerprint density at radius 3 is 2.44 bits per heavy atom. The quantitative estimate of drug-likeness (QED) is 0.499. The Kier molecular flexibility index (Phi) is 6.99. The van der Waals surface area contributed by atoms with E-state index in [9.17, 15) is 9.59 Å². The van der Waals surface area contributed by atoms with E-state index in [0.29, 0.717) is 24.5 Å². The van der Waals surface area contributed by atoms with Gasteiger partial charge in [0.15, 0.2) is 0 Å². The van der Waals surface area contributed by atoms with E-state index in [4.69, 9.17) is 28.3 Å². The maximum Gasteiger partial charge on any atom is 0.335 e. The molecule has 32 heavy (non-hydrogen) atoms. The van der Waals surface area contributed by atoms with Crippen molar-refractivity contribution in [1.82, 2.24) is 9.47 Å². The molecule has 5 nitrogen and oxygen atoms in total. The van der Waals surface area contributed by atoms with Gasteiger partial charge in [0.2, 0.25) is 0 Å². The summed E-state index contributed by atoms with van der Waals surface area (Å²) in [6, 6.07) is 18.9.